The smallest absolute Gasteiger partial charge is 0.123 e. The summed E-state index contributed by atoms with van der Waals surface area (Å²) < 4.78 is 19.2. The zero-order chi connectivity index (χ0) is 13.4. The summed E-state index contributed by atoms with van der Waals surface area (Å²) in [6.45, 7) is 1.94. The minimum absolute atomic E-state index is 0.127. The second-order valence-electron chi connectivity index (χ2n) is 4.99. The van der Waals surface area contributed by atoms with E-state index in [1.165, 1.54) is 12.1 Å². The average Bonchev–Trinajstić information content (AvgIpc) is 2.84. The van der Waals surface area contributed by atoms with Gasteiger partial charge in [0.1, 0.15) is 17.7 Å². The van der Waals surface area contributed by atoms with Gasteiger partial charge in [-0.05, 0) is 41.8 Å². The van der Waals surface area contributed by atoms with Crippen molar-refractivity contribution in [2.45, 2.75) is 25.5 Å². The lowest BCUT2D eigenvalue weighted by atomic mass is 9.95. The Hall–Kier alpha value is -1.87. The molecule has 3 rings (SSSR count). The molecule has 0 spiro atoms. The van der Waals surface area contributed by atoms with Crippen molar-refractivity contribution in [3.8, 4) is 5.75 Å². The van der Waals surface area contributed by atoms with Gasteiger partial charge in [0, 0.05) is 6.42 Å². The molecule has 19 heavy (non-hydrogen) atoms. The Kier molecular flexibility index (Phi) is 2.99. The molecule has 2 aromatic rings. The predicted molar refractivity (Wildman–Crippen MR) is 72.6 cm³/mol. The van der Waals surface area contributed by atoms with Gasteiger partial charge in [0.05, 0.1) is 6.04 Å². The van der Waals surface area contributed by atoms with E-state index in [0.717, 1.165) is 28.9 Å². The number of halogens is 1. The van der Waals surface area contributed by atoms with Crippen molar-refractivity contribution in [3.63, 3.8) is 0 Å². The maximum absolute atomic E-state index is 13.4. The zero-order valence-electron chi connectivity index (χ0n) is 10.8. The lowest BCUT2D eigenvalue weighted by Gasteiger charge is -2.21. The number of para-hydroxylation sites is 1. The quantitative estimate of drug-likeness (QED) is 0.897. The van der Waals surface area contributed by atoms with Gasteiger partial charge < -0.3 is 10.5 Å². The van der Waals surface area contributed by atoms with Gasteiger partial charge in [0.25, 0.3) is 0 Å². The third-order valence-corrected chi connectivity index (χ3v) is 3.67. The SMILES string of the molecule is Cc1ccc(F)cc1C(N)C1Cc2ccccc2O1. The highest BCUT2D eigenvalue weighted by Crippen LogP contribution is 2.33. The standard InChI is InChI=1S/C16H16FNO/c1-10-6-7-12(17)9-13(10)16(18)15-8-11-4-2-3-5-14(11)19-15/h2-7,9,15-16H,8,18H2,1H3. The van der Waals surface area contributed by atoms with Crippen molar-refractivity contribution < 1.29 is 9.13 Å². The first-order valence-electron chi connectivity index (χ1n) is 6.41. The topological polar surface area (TPSA) is 35.2 Å². The second kappa shape index (κ2) is 4.67. The Morgan fingerprint density at radius 3 is 2.84 bits per heavy atom. The Morgan fingerprint density at radius 1 is 1.26 bits per heavy atom. The van der Waals surface area contributed by atoms with Crippen LogP contribution in [0.2, 0.25) is 0 Å². The molecule has 2 aromatic carbocycles. The van der Waals surface area contributed by atoms with E-state index < -0.39 is 0 Å². The summed E-state index contributed by atoms with van der Waals surface area (Å²) in [5, 5.41) is 0. The highest BCUT2D eigenvalue weighted by Gasteiger charge is 2.29. The van der Waals surface area contributed by atoms with Crippen LogP contribution in [0.25, 0.3) is 0 Å². The molecule has 0 amide bonds. The molecule has 1 aliphatic heterocycles. The molecular weight excluding hydrogens is 241 g/mol. The van der Waals surface area contributed by atoms with E-state index in [1.54, 1.807) is 6.07 Å². The molecule has 1 aliphatic rings. The molecule has 0 bridgehead atoms. The molecule has 1 heterocycles. The molecule has 2 N–H and O–H groups in total. The molecule has 0 aromatic heterocycles. The molecule has 0 fully saturated rings. The summed E-state index contributed by atoms with van der Waals surface area (Å²) in [5.74, 6) is 0.628. The number of fused-ring (bicyclic) bond motifs is 1. The summed E-state index contributed by atoms with van der Waals surface area (Å²) in [6, 6.07) is 12.3. The van der Waals surface area contributed by atoms with Gasteiger partial charge in [-0.2, -0.15) is 0 Å². The largest absolute Gasteiger partial charge is 0.488 e. The number of hydrogen-bond donors (Lipinski definition) is 1. The van der Waals surface area contributed by atoms with Crippen molar-refractivity contribution >= 4 is 0 Å². The van der Waals surface area contributed by atoms with E-state index in [1.807, 2.05) is 31.2 Å². The lowest BCUT2D eigenvalue weighted by Crippen LogP contribution is -2.30. The molecule has 98 valence electrons. The Labute approximate surface area is 112 Å². The van der Waals surface area contributed by atoms with Gasteiger partial charge in [-0.15, -0.1) is 0 Å². The van der Waals surface area contributed by atoms with Gasteiger partial charge in [0.15, 0.2) is 0 Å². The maximum atomic E-state index is 13.4. The lowest BCUT2D eigenvalue weighted by molar-refractivity contribution is 0.199. The predicted octanol–water partition coefficient (Wildman–Crippen LogP) is 3.14. The molecule has 0 saturated heterocycles. The first-order chi connectivity index (χ1) is 9.15. The number of hydrogen-bond acceptors (Lipinski definition) is 2. The molecule has 0 radical (unpaired) electrons. The van der Waals surface area contributed by atoms with Gasteiger partial charge in [-0.25, -0.2) is 4.39 Å². The number of ether oxygens (including phenoxy) is 1. The first-order valence-corrected chi connectivity index (χ1v) is 6.41. The highest BCUT2D eigenvalue weighted by molar-refractivity contribution is 5.39. The molecule has 2 unspecified atom stereocenters. The fraction of sp³-hybridized carbons (Fsp3) is 0.250. The van der Waals surface area contributed by atoms with Crippen LogP contribution in [0.5, 0.6) is 5.75 Å². The van der Waals surface area contributed by atoms with Crippen LogP contribution in [0.4, 0.5) is 4.39 Å². The Bertz CT molecular complexity index is 586. The van der Waals surface area contributed by atoms with Gasteiger partial charge >= 0.3 is 0 Å². The van der Waals surface area contributed by atoms with E-state index in [2.05, 4.69) is 0 Å². The van der Waals surface area contributed by atoms with E-state index in [9.17, 15) is 4.39 Å². The van der Waals surface area contributed by atoms with Crippen LogP contribution in [0.1, 0.15) is 22.7 Å². The summed E-state index contributed by atoms with van der Waals surface area (Å²) in [4.78, 5) is 0. The number of benzene rings is 2. The molecule has 2 nitrogen and oxygen atoms in total. The van der Waals surface area contributed by atoms with Crippen LogP contribution in [-0.4, -0.2) is 6.10 Å². The molecular formula is C16H16FNO. The van der Waals surface area contributed by atoms with Crippen molar-refractivity contribution in [3.05, 3.63) is 65.0 Å². The number of aryl methyl sites for hydroxylation is 1. The minimum Gasteiger partial charge on any atom is -0.488 e. The van der Waals surface area contributed by atoms with Gasteiger partial charge in [0.2, 0.25) is 0 Å². The number of rotatable bonds is 2. The van der Waals surface area contributed by atoms with Crippen LogP contribution in [0.3, 0.4) is 0 Å². The first kappa shape index (κ1) is 12.2. The molecule has 0 saturated carbocycles. The van der Waals surface area contributed by atoms with E-state index in [4.69, 9.17) is 10.5 Å². The zero-order valence-corrected chi connectivity index (χ0v) is 10.8. The third kappa shape index (κ3) is 2.22. The summed E-state index contributed by atoms with van der Waals surface area (Å²) in [7, 11) is 0. The van der Waals surface area contributed by atoms with Gasteiger partial charge in [-0.3, -0.25) is 0 Å². The fourth-order valence-corrected chi connectivity index (χ4v) is 2.58. The summed E-state index contributed by atoms with van der Waals surface area (Å²) >= 11 is 0. The van der Waals surface area contributed by atoms with E-state index in [0.29, 0.717) is 0 Å². The third-order valence-electron chi connectivity index (χ3n) is 3.67. The second-order valence-corrected chi connectivity index (χ2v) is 4.99. The van der Waals surface area contributed by atoms with Crippen LogP contribution in [-0.2, 0) is 6.42 Å². The van der Waals surface area contributed by atoms with Crippen LogP contribution in [0.15, 0.2) is 42.5 Å². The number of nitrogens with two attached hydrogens (primary N) is 1. The van der Waals surface area contributed by atoms with Crippen LogP contribution in [0, 0.1) is 12.7 Å². The Balaban J connectivity index is 1.87. The fourth-order valence-electron chi connectivity index (χ4n) is 2.58. The van der Waals surface area contributed by atoms with E-state index >= 15 is 0 Å². The monoisotopic (exact) mass is 257 g/mol. The average molecular weight is 257 g/mol. The molecule has 3 heteroatoms. The molecule has 0 aliphatic carbocycles. The summed E-state index contributed by atoms with van der Waals surface area (Å²) in [6.07, 6.45) is 0.644. The van der Waals surface area contributed by atoms with Crippen molar-refractivity contribution in [2.24, 2.45) is 5.73 Å². The van der Waals surface area contributed by atoms with Crippen molar-refractivity contribution in [1.29, 1.82) is 0 Å². The summed E-state index contributed by atoms with van der Waals surface area (Å²) in [5.41, 5.74) is 9.23. The van der Waals surface area contributed by atoms with E-state index in [-0.39, 0.29) is 18.0 Å². The van der Waals surface area contributed by atoms with Crippen LogP contribution >= 0.6 is 0 Å². The van der Waals surface area contributed by atoms with Crippen molar-refractivity contribution in [1.82, 2.24) is 0 Å². The normalized spacial score (nSPS) is 18.8. The highest BCUT2D eigenvalue weighted by atomic mass is 19.1. The van der Waals surface area contributed by atoms with Gasteiger partial charge in [-0.1, -0.05) is 24.3 Å². The Morgan fingerprint density at radius 2 is 2.05 bits per heavy atom. The molecule has 2 atom stereocenters. The van der Waals surface area contributed by atoms with Crippen molar-refractivity contribution in [2.75, 3.05) is 0 Å². The maximum Gasteiger partial charge on any atom is 0.123 e. The van der Waals surface area contributed by atoms with Crippen LogP contribution < -0.4 is 10.5 Å². The minimum atomic E-state index is -0.317.